The fraction of sp³-hybridized carbons (Fsp3) is 0.353. The highest BCUT2D eigenvalue weighted by atomic mass is 32.1. The number of carbonyl (C=O) groups excluding carboxylic acids is 1. The van der Waals surface area contributed by atoms with Crippen molar-refractivity contribution in [2.24, 2.45) is 0 Å². The number of benzene rings is 1. The molecule has 2 rings (SSSR count). The van der Waals surface area contributed by atoms with E-state index in [2.05, 4.69) is 36.6 Å². The van der Waals surface area contributed by atoms with Gasteiger partial charge in [-0.25, -0.2) is 0 Å². The number of thiophene rings is 1. The van der Waals surface area contributed by atoms with E-state index in [1.165, 1.54) is 9.75 Å². The van der Waals surface area contributed by atoms with Crippen LogP contribution in [0.25, 0.3) is 0 Å². The lowest BCUT2D eigenvalue weighted by Crippen LogP contribution is -2.22. The maximum Gasteiger partial charge on any atom is 0.251 e. The molecule has 0 saturated heterocycles. The molecule has 1 aromatic carbocycles. The first kappa shape index (κ1) is 15.6. The first-order valence-electron chi connectivity index (χ1n) is 7.37. The van der Waals surface area contributed by atoms with Crippen LogP contribution in [0.3, 0.4) is 0 Å². The number of carbonyl (C=O) groups is 1. The first-order valence-corrected chi connectivity index (χ1v) is 8.19. The van der Waals surface area contributed by atoms with Crippen LogP contribution in [0.5, 0.6) is 0 Å². The van der Waals surface area contributed by atoms with Crippen LogP contribution in [0.15, 0.2) is 36.4 Å². The summed E-state index contributed by atoms with van der Waals surface area (Å²) in [6.07, 6.45) is 1.07. The van der Waals surface area contributed by atoms with Gasteiger partial charge in [0.1, 0.15) is 0 Å². The third-order valence-electron chi connectivity index (χ3n) is 3.30. The zero-order valence-electron chi connectivity index (χ0n) is 12.8. The van der Waals surface area contributed by atoms with Gasteiger partial charge in [0.2, 0.25) is 0 Å². The zero-order chi connectivity index (χ0) is 15.2. The standard InChI is InChI=1S/C17H22N2OS/c1-4-15-9-10-16(21-15)12(3)19-14-8-6-7-13(11-14)17(20)18-5-2/h6-12,19H,4-5H2,1-3H3,(H,18,20). The summed E-state index contributed by atoms with van der Waals surface area (Å²) in [6, 6.07) is 12.2. The molecular formula is C17H22N2OS. The molecule has 0 radical (unpaired) electrons. The van der Waals surface area contributed by atoms with Gasteiger partial charge in [0.25, 0.3) is 5.91 Å². The van der Waals surface area contributed by atoms with Gasteiger partial charge in [-0.1, -0.05) is 13.0 Å². The number of hydrogen-bond donors (Lipinski definition) is 2. The van der Waals surface area contributed by atoms with Crippen LogP contribution in [0.2, 0.25) is 0 Å². The minimum absolute atomic E-state index is 0.0294. The van der Waals surface area contributed by atoms with Crippen LogP contribution >= 0.6 is 11.3 Å². The molecule has 3 nitrogen and oxygen atoms in total. The summed E-state index contributed by atoms with van der Waals surface area (Å²) in [5, 5.41) is 6.28. The maximum absolute atomic E-state index is 11.9. The lowest BCUT2D eigenvalue weighted by Gasteiger charge is -2.14. The number of nitrogens with one attached hydrogen (secondary N) is 2. The minimum atomic E-state index is -0.0294. The van der Waals surface area contributed by atoms with Crippen LogP contribution in [-0.4, -0.2) is 12.5 Å². The van der Waals surface area contributed by atoms with Crippen LogP contribution in [-0.2, 0) is 6.42 Å². The van der Waals surface area contributed by atoms with Crippen molar-refractivity contribution in [3.8, 4) is 0 Å². The van der Waals surface area contributed by atoms with Crippen molar-refractivity contribution < 1.29 is 4.79 Å². The predicted octanol–water partition coefficient (Wildman–Crippen LogP) is 4.23. The highest BCUT2D eigenvalue weighted by Gasteiger charge is 2.10. The molecule has 0 spiro atoms. The van der Waals surface area contributed by atoms with Crippen molar-refractivity contribution in [3.63, 3.8) is 0 Å². The van der Waals surface area contributed by atoms with Crippen molar-refractivity contribution in [3.05, 3.63) is 51.7 Å². The van der Waals surface area contributed by atoms with E-state index in [9.17, 15) is 4.79 Å². The van der Waals surface area contributed by atoms with Crippen LogP contribution in [0, 0.1) is 0 Å². The van der Waals surface area contributed by atoms with E-state index in [0.29, 0.717) is 12.1 Å². The van der Waals surface area contributed by atoms with Crippen molar-refractivity contribution in [2.75, 3.05) is 11.9 Å². The lowest BCUT2D eigenvalue weighted by molar-refractivity contribution is 0.0956. The van der Waals surface area contributed by atoms with Crippen molar-refractivity contribution >= 4 is 22.9 Å². The predicted molar refractivity (Wildman–Crippen MR) is 90.2 cm³/mol. The Bertz CT molecular complexity index is 606. The summed E-state index contributed by atoms with van der Waals surface area (Å²) in [5.41, 5.74) is 1.66. The molecule has 2 aromatic rings. The maximum atomic E-state index is 11.9. The lowest BCUT2D eigenvalue weighted by atomic mass is 10.1. The SMILES string of the molecule is CCNC(=O)c1cccc(NC(C)c2ccc(CC)s2)c1. The van der Waals surface area contributed by atoms with Crippen molar-refractivity contribution in [1.82, 2.24) is 5.32 Å². The molecule has 0 saturated carbocycles. The smallest absolute Gasteiger partial charge is 0.251 e. The normalized spacial score (nSPS) is 12.0. The zero-order valence-corrected chi connectivity index (χ0v) is 13.6. The van der Waals surface area contributed by atoms with Gasteiger partial charge in [-0.05, 0) is 50.6 Å². The summed E-state index contributed by atoms with van der Waals surface area (Å²) in [6.45, 7) is 6.87. The topological polar surface area (TPSA) is 41.1 Å². The second kappa shape index (κ2) is 7.27. The van der Waals surface area contributed by atoms with Gasteiger partial charge in [0.15, 0.2) is 0 Å². The van der Waals surface area contributed by atoms with Gasteiger partial charge < -0.3 is 10.6 Å². The second-order valence-electron chi connectivity index (χ2n) is 4.96. The number of anilines is 1. The summed E-state index contributed by atoms with van der Waals surface area (Å²) >= 11 is 1.84. The Kier molecular flexibility index (Phi) is 5.39. The molecule has 0 bridgehead atoms. The third-order valence-corrected chi connectivity index (χ3v) is 4.72. The molecule has 0 aliphatic heterocycles. The van der Waals surface area contributed by atoms with E-state index >= 15 is 0 Å². The Balaban J connectivity index is 2.08. The number of amides is 1. The van der Waals surface area contributed by atoms with Crippen molar-refractivity contribution in [1.29, 1.82) is 0 Å². The molecule has 1 aromatic heterocycles. The van der Waals surface area contributed by atoms with Crippen LogP contribution in [0.1, 0.15) is 46.9 Å². The van der Waals surface area contributed by atoms with E-state index in [0.717, 1.165) is 12.1 Å². The molecule has 1 amide bonds. The van der Waals surface area contributed by atoms with Gasteiger partial charge in [-0.15, -0.1) is 11.3 Å². The number of aryl methyl sites for hydroxylation is 1. The van der Waals surface area contributed by atoms with Gasteiger partial charge in [-0.3, -0.25) is 4.79 Å². The molecule has 1 unspecified atom stereocenters. The van der Waals surface area contributed by atoms with Crippen LogP contribution < -0.4 is 10.6 Å². The van der Waals surface area contributed by atoms with E-state index < -0.39 is 0 Å². The molecule has 4 heteroatoms. The van der Waals surface area contributed by atoms with E-state index in [4.69, 9.17) is 0 Å². The van der Waals surface area contributed by atoms with E-state index in [1.54, 1.807) is 0 Å². The highest BCUT2D eigenvalue weighted by molar-refractivity contribution is 7.12. The van der Waals surface area contributed by atoms with Gasteiger partial charge in [0.05, 0.1) is 6.04 Å². The van der Waals surface area contributed by atoms with Crippen molar-refractivity contribution in [2.45, 2.75) is 33.2 Å². The number of hydrogen-bond acceptors (Lipinski definition) is 3. The molecule has 2 N–H and O–H groups in total. The molecule has 1 heterocycles. The number of rotatable bonds is 6. The summed E-state index contributed by atoms with van der Waals surface area (Å²) < 4.78 is 0. The van der Waals surface area contributed by atoms with Gasteiger partial charge in [-0.2, -0.15) is 0 Å². The quantitative estimate of drug-likeness (QED) is 0.838. The Morgan fingerprint density at radius 1 is 1.24 bits per heavy atom. The van der Waals surface area contributed by atoms with Gasteiger partial charge >= 0.3 is 0 Å². The molecule has 112 valence electrons. The fourth-order valence-electron chi connectivity index (χ4n) is 2.15. The third kappa shape index (κ3) is 4.08. The van der Waals surface area contributed by atoms with E-state index in [1.807, 2.05) is 42.5 Å². The largest absolute Gasteiger partial charge is 0.378 e. The van der Waals surface area contributed by atoms with E-state index in [-0.39, 0.29) is 11.9 Å². The molecule has 0 aliphatic carbocycles. The average Bonchev–Trinajstić information content (AvgIpc) is 2.97. The molecule has 21 heavy (non-hydrogen) atoms. The average molecular weight is 302 g/mol. The Labute approximate surface area is 130 Å². The van der Waals surface area contributed by atoms with Gasteiger partial charge in [0, 0.05) is 27.5 Å². The van der Waals surface area contributed by atoms with Crippen LogP contribution in [0.4, 0.5) is 5.69 Å². The minimum Gasteiger partial charge on any atom is -0.378 e. The molecule has 0 fully saturated rings. The molecular weight excluding hydrogens is 280 g/mol. The summed E-state index contributed by atoms with van der Waals surface area (Å²) in [5.74, 6) is -0.0294. The monoisotopic (exact) mass is 302 g/mol. The summed E-state index contributed by atoms with van der Waals surface area (Å²) in [4.78, 5) is 14.6. The Hall–Kier alpha value is -1.81. The highest BCUT2D eigenvalue weighted by Crippen LogP contribution is 2.26. The Morgan fingerprint density at radius 3 is 2.71 bits per heavy atom. The fourth-order valence-corrected chi connectivity index (χ4v) is 3.11. The Morgan fingerprint density at radius 2 is 2.05 bits per heavy atom. The first-order chi connectivity index (χ1) is 10.1. The summed E-state index contributed by atoms with van der Waals surface area (Å²) in [7, 11) is 0. The second-order valence-corrected chi connectivity index (χ2v) is 6.16. The molecule has 1 atom stereocenters. The molecule has 0 aliphatic rings.